The molecule has 1 atom stereocenters. The number of hydrogen-bond donors (Lipinski definition) is 1. The molecular formula is C21H22FN3O. The zero-order valence-electron chi connectivity index (χ0n) is 15.4. The predicted molar refractivity (Wildman–Crippen MR) is 100 cm³/mol. The summed E-state index contributed by atoms with van der Waals surface area (Å²) < 4.78 is 14.8. The van der Waals surface area contributed by atoms with Crippen LogP contribution in [0.2, 0.25) is 0 Å². The Bertz CT molecular complexity index is 944. The number of nitrogens with one attached hydrogen (secondary N) is 1. The van der Waals surface area contributed by atoms with E-state index in [0.717, 1.165) is 22.5 Å². The molecule has 0 radical (unpaired) electrons. The van der Waals surface area contributed by atoms with Gasteiger partial charge in [0.25, 0.3) is 5.91 Å². The summed E-state index contributed by atoms with van der Waals surface area (Å²) >= 11 is 0. The third-order valence-corrected chi connectivity index (χ3v) is 4.59. The van der Waals surface area contributed by atoms with Crippen molar-refractivity contribution in [2.75, 3.05) is 0 Å². The Labute approximate surface area is 152 Å². The molecule has 0 saturated heterocycles. The van der Waals surface area contributed by atoms with Crippen LogP contribution in [0.5, 0.6) is 0 Å². The molecule has 0 aliphatic carbocycles. The highest BCUT2D eigenvalue weighted by Crippen LogP contribution is 2.21. The number of benzene rings is 2. The highest BCUT2D eigenvalue weighted by molar-refractivity contribution is 5.96. The van der Waals surface area contributed by atoms with Crippen LogP contribution in [0.1, 0.15) is 45.8 Å². The van der Waals surface area contributed by atoms with E-state index in [1.807, 2.05) is 45.0 Å². The van der Waals surface area contributed by atoms with Gasteiger partial charge < -0.3 is 5.32 Å². The van der Waals surface area contributed by atoms with Crippen molar-refractivity contribution in [3.63, 3.8) is 0 Å². The van der Waals surface area contributed by atoms with Gasteiger partial charge in [-0.3, -0.25) is 4.79 Å². The second-order valence-electron chi connectivity index (χ2n) is 6.49. The first-order chi connectivity index (χ1) is 12.4. The summed E-state index contributed by atoms with van der Waals surface area (Å²) in [5.41, 5.74) is 4.86. The summed E-state index contributed by atoms with van der Waals surface area (Å²) in [5.74, 6) is -0.468. The van der Waals surface area contributed by atoms with Gasteiger partial charge in [0.2, 0.25) is 0 Å². The minimum atomic E-state index is -0.305. The van der Waals surface area contributed by atoms with Gasteiger partial charge in [0.15, 0.2) is 0 Å². The van der Waals surface area contributed by atoms with Gasteiger partial charge in [0, 0.05) is 0 Å². The van der Waals surface area contributed by atoms with Gasteiger partial charge in [-0.05, 0) is 63.1 Å². The Hall–Kier alpha value is -2.95. The summed E-state index contributed by atoms with van der Waals surface area (Å²) in [6.07, 6.45) is 0. The smallest absolute Gasteiger partial charge is 0.255 e. The van der Waals surface area contributed by atoms with E-state index in [9.17, 15) is 9.18 Å². The standard InChI is InChI=1S/C21H22FN3O/c1-13-7-5-6-8-19(13)14(2)23-21(26)20-15(3)24-25(16(20)4)18-11-9-17(22)10-12-18/h5-12,14H,1-4H3,(H,23,26). The summed E-state index contributed by atoms with van der Waals surface area (Å²) in [7, 11) is 0. The van der Waals surface area contributed by atoms with Crippen LogP contribution >= 0.6 is 0 Å². The van der Waals surface area contributed by atoms with Gasteiger partial charge in [-0.25, -0.2) is 9.07 Å². The van der Waals surface area contributed by atoms with Gasteiger partial charge in [-0.1, -0.05) is 24.3 Å². The predicted octanol–water partition coefficient (Wildman–Crippen LogP) is 4.43. The average molecular weight is 351 g/mol. The van der Waals surface area contributed by atoms with E-state index in [4.69, 9.17) is 0 Å². The molecule has 0 saturated carbocycles. The molecule has 1 heterocycles. The molecule has 0 spiro atoms. The molecule has 3 aromatic rings. The van der Waals surface area contributed by atoms with Crippen molar-refractivity contribution in [3.8, 4) is 5.69 Å². The van der Waals surface area contributed by atoms with Crippen LogP contribution in [0, 0.1) is 26.6 Å². The molecule has 1 aromatic heterocycles. The van der Waals surface area contributed by atoms with Crippen molar-refractivity contribution >= 4 is 5.91 Å². The second kappa shape index (κ2) is 7.12. The van der Waals surface area contributed by atoms with Crippen LogP contribution in [0.3, 0.4) is 0 Å². The largest absolute Gasteiger partial charge is 0.345 e. The molecular weight excluding hydrogens is 329 g/mol. The lowest BCUT2D eigenvalue weighted by molar-refractivity contribution is 0.0938. The fraction of sp³-hybridized carbons (Fsp3) is 0.238. The van der Waals surface area contributed by atoms with Crippen molar-refractivity contribution in [2.24, 2.45) is 0 Å². The molecule has 1 N–H and O–H groups in total. The number of aryl methyl sites for hydroxylation is 2. The number of nitrogens with zero attached hydrogens (tertiary/aromatic N) is 2. The number of carbonyl (C=O) groups is 1. The van der Waals surface area contributed by atoms with E-state index in [2.05, 4.69) is 10.4 Å². The first-order valence-electron chi connectivity index (χ1n) is 8.57. The minimum Gasteiger partial charge on any atom is -0.345 e. The fourth-order valence-electron chi connectivity index (χ4n) is 3.22. The lowest BCUT2D eigenvalue weighted by Crippen LogP contribution is -2.28. The molecule has 4 nitrogen and oxygen atoms in total. The highest BCUT2D eigenvalue weighted by atomic mass is 19.1. The molecule has 1 amide bonds. The monoisotopic (exact) mass is 351 g/mol. The van der Waals surface area contributed by atoms with E-state index in [1.165, 1.54) is 12.1 Å². The quantitative estimate of drug-likeness (QED) is 0.756. The Morgan fingerprint density at radius 1 is 1.08 bits per heavy atom. The zero-order chi connectivity index (χ0) is 18.8. The number of halogens is 1. The van der Waals surface area contributed by atoms with Gasteiger partial charge in [-0.15, -0.1) is 0 Å². The molecule has 0 aliphatic rings. The first kappa shape index (κ1) is 17.9. The minimum absolute atomic E-state index is 0.114. The molecule has 26 heavy (non-hydrogen) atoms. The topological polar surface area (TPSA) is 46.9 Å². The molecule has 0 aliphatic heterocycles. The van der Waals surface area contributed by atoms with Crippen molar-refractivity contribution in [2.45, 2.75) is 33.7 Å². The zero-order valence-corrected chi connectivity index (χ0v) is 15.4. The molecule has 0 fully saturated rings. The normalized spacial score (nSPS) is 12.0. The number of amides is 1. The maximum absolute atomic E-state index is 13.2. The third-order valence-electron chi connectivity index (χ3n) is 4.59. The number of rotatable bonds is 4. The second-order valence-corrected chi connectivity index (χ2v) is 6.49. The van der Waals surface area contributed by atoms with Crippen LogP contribution in [0.15, 0.2) is 48.5 Å². The van der Waals surface area contributed by atoms with Crippen molar-refractivity contribution in [1.29, 1.82) is 0 Å². The van der Waals surface area contributed by atoms with Gasteiger partial charge in [-0.2, -0.15) is 5.10 Å². The number of carbonyl (C=O) groups excluding carboxylic acids is 1. The fourth-order valence-corrected chi connectivity index (χ4v) is 3.22. The molecule has 2 aromatic carbocycles. The van der Waals surface area contributed by atoms with E-state index >= 15 is 0 Å². The Balaban J connectivity index is 1.88. The molecule has 5 heteroatoms. The van der Waals surface area contributed by atoms with Crippen LogP contribution in [0.4, 0.5) is 4.39 Å². The molecule has 0 bridgehead atoms. The Kier molecular flexibility index (Phi) is 4.89. The summed E-state index contributed by atoms with van der Waals surface area (Å²) in [6.45, 7) is 7.65. The molecule has 1 unspecified atom stereocenters. The van der Waals surface area contributed by atoms with E-state index < -0.39 is 0 Å². The van der Waals surface area contributed by atoms with E-state index in [-0.39, 0.29) is 17.8 Å². The maximum Gasteiger partial charge on any atom is 0.255 e. The van der Waals surface area contributed by atoms with E-state index in [0.29, 0.717) is 11.3 Å². The van der Waals surface area contributed by atoms with Gasteiger partial charge >= 0.3 is 0 Å². The van der Waals surface area contributed by atoms with Crippen molar-refractivity contribution in [3.05, 3.63) is 82.4 Å². The van der Waals surface area contributed by atoms with Gasteiger partial charge in [0.1, 0.15) is 5.82 Å². The van der Waals surface area contributed by atoms with Crippen LogP contribution in [0.25, 0.3) is 5.69 Å². The lowest BCUT2D eigenvalue weighted by atomic mass is 10.0. The summed E-state index contributed by atoms with van der Waals surface area (Å²) in [5, 5.41) is 7.52. The van der Waals surface area contributed by atoms with Crippen molar-refractivity contribution < 1.29 is 9.18 Å². The SMILES string of the molecule is Cc1ccccc1C(C)NC(=O)c1c(C)nn(-c2ccc(F)cc2)c1C. The Morgan fingerprint density at radius 3 is 2.38 bits per heavy atom. The maximum atomic E-state index is 13.2. The number of aromatic nitrogens is 2. The van der Waals surface area contributed by atoms with Gasteiger partial charge in [0.05, 0.1) is 28.7 Å². The molecule has 134 valence electrons. The summed E-state index contributed by atoms with van der Waals surface area (Å²) in [4.78, 5) is 12.9. The first-order valence-corrected chi connectivity index (χ1v) is 8.57. The lowest BCUT2D eigenvalue weighted by Gasteiger charge is -2.16. The number of hydrogen-bond acceptors (Lipinski definition) is 2. The molecule has 3 rings (SSSR count). The van der Waals surface area contributed by atoms with Crippen LogP contribution in [-0.2, 0) is 0 Å². The van der Waals surface area contributed by atoms with Crippen LogP contribution in [-0.4, -0.2) is 15.7 Å². The third kappa shape index (κ3) is 3.38. The van der Waals surface area contributed by atoms with Crippen molar-refractivity contribution in [1.82, 2.24) is 15.1 Å². The van der Waals surface area contributed by atoms with E-state index in [1.54, 1.807) is 23.7 Å². The average Bonchev–Trinajstić information content (AvgIpc) is 2.90. The Morgan fingerprint density at radius 2 is 1.73 bits per heavy atom. The summed E-state index contributed by atoms with van der Waals surface area (Å²) in [6, 6.07) is 13.9. The van der Waals surface area contributed by atoms with Crippen LogP contribution < -0.4 is 5.32 Å². The highest BCUT2D eigenvalue weighted by Gasteiger charge is 2.21.